The number of ketones is 3. The molecule has 0 radical (unpaired) electrons. The highest BCUT2D eigenvalue weighted by atomic mass is 16.2. The predicted octanol–water partition coefficient (Wildman–Crippen LogP) is 0.904. The van der Waals surface area contributed by atoms with Gasteiger partial charge in [-0.2, -0.15) is 0 Å². The highest BCUT2D eigenvalue weighted by Crippen LogP contribution is 2.19. The fourth-order valence-electron chi connectivity index (χ4n) is 1.47. The van der Waals surface area contributed by atoms with Gasteiger partial charge in [-0.25, -0.2) is 0 Å². The fraction of sp³-hybridized carbons (Fsp3) is 0.667. The summed E-state index contributed by atoms with van der Waals surface area (Å²) < 4.78 is 0. The molecule has 3 nitrogen and oxygen atoms in total. The van der Waals surface area contributed by atoms with Crippen LogP contribution in [0.5, 0.6) is 0 Å². The summed E-state index contributed by atoms with van der Waals surface area (Å²) in [5.41, 5.74) is 0. The van der Waals surface area contributed by atoms with Crippen LogP contribution < -0.4 is 0 Å². The first-order chi connectivity index (χ1) is 5.66. The maximum absolute atomic E-state index is 11.2. The van der Waals surface area contributed by atoms with Crippen LogP contribution in [0.4, 0.5) is 0 Å². The molecule has 66 valence electrons. The number of carbonyl (C=O) groups excluding carboxylic acids is 3. The van der Waals surface area contributed by atoms with Crippen molar-refractivity contribution in [3.8, 4) is 0 Å². The molecule has 0 aromatic rings. The Labute approximate surface area is 71.1 Å². The fourth-order valence-corrected chi connectivity index (χ4v) is 1.47. The van der Waals surface area contributed by atoms with Gasteiger partial charge < -0.3 is 0 Å². The van der Waals surface area contributed by atoms with Gasteiger partial charge in [0.05, 0.1) is 5.92 Å². The Balaban J connectivity index is 2.70. The van der Waals surface area contributed by atoms with E-state index in [-0.39, 0.29) is 11.6 Å². The molecule has 12 heavy (non-hydrogen) atoms. The van der Waals surface area contributed by atoms with Crippen LogP contribution in [0.15, 0.2) is 0 Å². The highest BCUT2D eigenvalue weighted by molar-refractivity contribution is 6.41. The standard InChI is InChI=1S/C9H12O3/c1-2-7(10)6-4-3-5-8(11)9(6)12/h6H,2-5H2,1H3. The molecule has 0 aromatic carbocycles. The van der Waals surface area contributed by atoms with E-state index in [1.165, 1.54) is 0 Å². The van der Waals surface area contributed by atoms with Crippen LogP contribution in [0.3, 0.4) is 0 Å². The van der Waals surface area contributed by atoms with Crippen molar-refractivity contribution in [1.82, 2.24) is 0 Å². The van der Waals surface area contributed by atoms with Gasteiger partial charge in [0.1, 0.15) is 5.78 Å². The Hall–Kier alpha value is -0.990. The minimum atomic E-state index is -0.615. The molecule has 1 saturated carbocycles. The van der Waals surface area contributed by atoms with Gasteiger partial charge >= 0.3 is 0 Å². The topological polar surface area (TPSA) is 51.2 Å². The van der Waals surface area contributed by atoms with E-state index in [1.54, 1.807) is 6.92 Å². The van der Waals surface area contributed by atoms with E-state index < -0.39 is 11.7 Å². The normalized spacial score (nSPS) is 24.2. The first-order valence-electron chi connectivity index (χ1n) is 4.26. The van der Waals surface area contributed by atoms with E-state index in [9.17, 15) is 14.4 Å². The van der Waals surface area contributed by atoms with Gasteiger partial charge in [0.15, 0.2) is 5.78 Å². The average molecular weight is 168 g/mol. The lowest BCUT2D eigenvalue weighted by atomic mass is 9.83. The Bertz CT molecular complexity index is 230. The van der Waals surface area contributed by atoms with Crippen molar-refractivity contribution < 1.29 is 14.4 Å². The molecule has 0 saturated heterocycles. The number of hydrogen-bond donors (Lipinski definition) is 0. The Morgan fingerprint density at radius 3 is 2.75 bits per heavy atom. The molecule has 1 atom stereocenters. The number of Topliss-reactive ketones (excluding diaryl/α,β-unsaturated/α-hetero) is 3. The van der Waals surface area contributed by atoms with Crippen molar-refractivity contribution in [2.75, 3.05) is 0 Å². The maximum atomic E-state index is 11.2. The number of hydrogen-bond acceptors (Lipinski definition) is 3. The summed E-state index contributed by atoms with van der Waals surface area (Å²) in [6, 6.07) is 0. The average Bonchev–Trinajstić information content (AvgIpc) is 2.08. The third-order valence-electron chi connectivity index (χ3n) is 2.23. The molecular weight excluding hydrogens is 156 g/mol. The quantitative estimate of drug-likeness (QED) is 0.454. The largest absolute Gasteiger partial charge is 0.299 e. The molecule has 1 aliphatic carbocycles. The second kappa shape index (κ2) is 3.61. The summed E-state index contributed by atoms with van der Waals surface area (Å²) in [6.45, 7) is 1.72. The van der Waals surface area contributed by atoms with Gasteiger partial charge in [-0.3, -0.25) is 14.4 Å². The summed E-state index contributed by atoms with van der Waals surface area (Å²) in [7, 11) is 0. The first kappa shape index (κ1) is 9.10. The van der Waals surface area contributed by atoms with Gasteiger partial charge in [-0.1, -0.05) is 6.92 Å². The van der Waals surface area contributed by atoms with Crippen LogP contribution in [0.25, 0.3) is 0 Å². The molecule has 0 bridgehead atoms. The third kappa shape index (κ3) is 1.60. The van der Waals surface area contributed by atoms with Gasteiger partial charge in [-0.05, 0) is 12.8 Å². The van der Waals surface area contributed by atoms with Crippen LogP contribution in [-0.2, 0) is 14.4 Å². The summed E-state index contributed by atoms with van der Waals surface area (Å²) >= 11 is 0. The van der Waals surface area contributed by atoms with E-state index in [0.717, 1.165) is 0 Å². The van der Waals surface area contributed by atoms with Gasteiger partial charge in [-0.15, -0.1) is 0 Å². The van der Waals surface area contributed by atoms with E-state index in [4.69, 9.17) is 0 Å². The zero-order chi connectivity index (χ0) is 9.14. The Morgan fingerprint density at radius 1 is 1.50 bits per heavy atom. The van der Waals surface area contributed by atoms with E-state index in [0.29, 0.717) is 25.7 Å². The molecule has 0 aliphatic heterocycles. The van der Waals surface area contributed by atoms with Crippen molar-refractivity contribution in [3.63, 3.8) is 0 Å². The predicted molar refractivity (Wildman–Crippen MR) is 42.7 cm³/mol. The third-order valence-corrected chi connectivity index (χ3v) is 2.23. The second-order valence-electron chi connectivity index (χ2n) is 3.05. The minimum Gasteiger partial charge on any atom is -0.299 e. The second-order valence-corrected chi connectivity index (χ2v) is 3.05. The minimum absolute atomic E-state index is 0.0898. The molecule has 0 aromatic heterocycles. The molecule has 1 unspecified atom stereocenters. The molecule has 3 heteroatoms. The molecule has 0 amide bonds. The van der Waals surface area contributed by atoms with Gasteiger partial charge in [0.25, 0.3) is 0 Å². The number of carbonyl (C=O) groups is 3. The summed E-state index contributed by atoms with van der Waals surface area (Å²) in [5.74, 6) is -1.54. The van der Waals surface area contributed by atoms with E-state index >= 15 is 0 Å². The lowest BCUT2D eigenvalue weighted by Crippen LogP contribution is -2.33. The smallest absolute Gasteiger partial charge is 0.208 e. The van der Waals surface area contributed by atoms with E-state index in [1.807, 2.05) is 0 Å². The van der Waals surface area contributed by atoms with Crippen LogP contribution in [0.2, 0.25) is 0 Å². The van der Waals surface area contributed by atoms with Crippen molar-refractivity contribution in [3.05, 3.63) is 0 Å². The molecule has 1 aliphatic rings. The molecular formula is C9H12O3. The van der Waals surface area contributed by atoms with Crippen molar-refractivity contribution in [2.24, 2.45) is 5.92 Å². The van der Waals surface area contributed by atoms with Gasteiger partial charge in [0.2, 0.25) is 5.78 Å². The zero-order valence-electron chi connectivity index (χ0n) is 7.13. The number of rotatable bonds is 2. The molecule has 0 spiro atoms. The highest BCUT2D eigenvalue weighted by Gasteiger charge is 2.33. The first-order valence-corrected chi connectivity index (χ1v) is 4.26. The lowest BCUT2D eigenvalue weighted by molar-refractivity contribution is -0.144. The van der Waals surface area contributed by atoms with Gasteiger partial charge in [0, 0.05) is 12.8 Å². The van der Waals surface area contributed by atoms with Crippen molar-refractivity contribution in [1.29, 1.82) is 0 Å². The van der Waals surface area contributed by atoms with Crippen LogP contribution >= 0.6 is 0 Å². The van der Waals surface area contributed by atoms with Crippen LogP contribution in [0.1, 0.15) is 32.6 Å². The summed E-state index contributed by atoms with van der Waals surface area (Å²) in [6.07, 6.45) is 1.92. The lowest BCUT2D eigenvalue weighted by Gasteiger charge is -2.16. The molecule has 0 heterocycles. The zero-order valence-corrected chi connectivity index (χ0v) is 7.13. The van der Waals surface area contributed by atoms with Crippen LogP contribution in [0, 0.1) is 5.92 Å². The van der Waals surface area contributed by atoms with Crippen molar-refractivity contribution >= 4 is 17.3 Å². The van der Waals surface area contributed by atoms with E-state index in [2.05, 4.69) is 0 Å². The van der Waals surface area contributed by atoms with Crippen LogP contribution in [-0.4, -0.2) is 17.3 Å². The SMILES string of the molecule is CCC(=O)C1CCCC(=O)C1=O. The summed E-state index contributed by atoms with van der Waals surface area (Å²) in [4.78, 5) is 33.2. The van der Waals surface area contributed by atoms with Crippen molar-refractivity contribution in [2.45, 2.75) is 32.6 Å². The Kier molecular flexibility index (Phi) is 2.74. The molecule has 1 rings (SSSR count). The molecule has 0 N–H and O–H groups in total. The monoisotopic (exact) mass is 168 g/mol. The maximum Gasteiger partial charge on any atom is 0.208 e. The molecule has 1 fully saturated rings. The Morgan fingerprint density at radius 2 is 2.17 bits per heavy atom. The summed E-state index contributed by atoms with van der Waals surface area (Å²) in [5, 5.41) is 0.